The molecule has 0 atom stereocenters. The summed E-state index contributed by atoms with van der Waals surface area (Å²) in [6, 6.07) is 3.29. The highest BCUT2D eigenvalue weighted by Crippen LogP contribution is 2.31. The molecule has 10 heteroatoms. The van der Waals surface area contributed by atoms with Crippen molar-refractivity contribution >= 4 is 33.3 Å². The maximum absolute atomic E-state index is 12.7. The second kappa shape index (κ2) is 7.45. The molecule has 0 amide bonds. The van der Waals surface area contributed by atoms with E-state index in [2.05, 4.69) is 0 Å². The van der Waals surface area contributed by atoms with Gasteiger partial charge in [-0.2, -0.15) is 4.31 Å². The summed E-state index contributed by atoms with van der Waals surface area (Å²) in [6.45, 7) is 2.25. The second-order valence-electron chi connectivity index (χ2n) is 5.30. The van der Waals surface area contributed by atoms with Crippen molar-refractivity contribution < 1.29 is 22.9 Å². The SMILES string of the molecule is CCOC(=O)C1CCN(S(=O)(=O)c2cc([N+](=O)[O-])ccc2Cl)CC1. The molecule has 1 aromatic rings. The van der Waals surface area contributed by atoms with Gasteiger partial charge in [0.05, 0.1) is 22.5 Å². The predicted molar refractivity (Wildman–Crippen MR) is 86.2 cm³/mol. The molecule has 1 saturated heterocycles. The Labute approximate surface area is 144 Å². The number of carbonyl (C=O) groups excluding carboxylic acids is 1. The summed E-state index contributed by atoms with van der Waals surface area (Å²) in [7, 11) is -3.97. The van der Waals surface area contributed by atoms with Crippen LogP contribution in [-0.4, -0.2) is 43.3 Å². The Morgan fingerprint density at radius 1 is 1.42 bits per heavy atom. The zero-order valence-electron chi connectivity index (χ0n) is 13.0. The molecule has 0 radical (unpaired) electrons. The lowest BCUT2D eigenvalue weighted by Gasteiger charge is -2.30. The molecule has 1 aromatic carbocycles. The molecule has 8 nitrogen and oxygen atoms in total. The number of rotatable bonds is 5. The highest BCUT2D eigenvalue weighted by molar-refractivity contribution is 7.89. The van der Waals surface area contributed by atoms with E-state index >= 15 is 0 Å². The first kappa shape index (κ1) is 18.6. The van der Waals surface area contributed by atoms with Crippen LogP contribution in [0.15, 0.2) is 23.1 Å². The maximum atomic E-state index is 12.7. The number of sulfonamides is 1. The van der Waals surface area contributed by atoms with Crippen molar-refractivity contribution in [2.75, 3.05) is 19.7 Å². The van der Waals surface area contributed by atoms with Gasteiger partial charge in [0, 0.05) is 25.2 Å². The van der Waals surface area contributed by atoms with Gasteiger partial charge in [-0.3, -0.25) is 14.9 Å². The molecule has 1 heterocycles. The summed E-state index contributed by atoms with van der Waals surface area (Å²) in [4.78, 5) is 21.6. The lowest BCUT2D eigenvalue weighted by molar-refractivity contribution is -0.385. The number of nitro groups is 1. The van der Waals surface area contributed by atoms with Gasteiger partial charge in [0.25, 0.3) is 5.69 Å². The first-order valence-electron chi connectivity index (χ1n) is 7.38. The van der Waals surface area contributed by atoms with E-state index in [1.54, 1.807) is 6.92 Å². The Balaban J connectivity index is 2.19. The van der Waals surface area contributed by atoms with E-state index in [4.69, 9.17) is 16.3 Å². The molecule has 1 aliphatic heterocycles. The van der Waals surface area contributed by atoms with E-state index in [1.807, 2.05) is 0 Å². The minimum atomic E-state index is -3.97. The third-order valence-electron chi connectivity index (χ3n) is 3.82. The van der Waals surface area contributed by atoms with Gasteiger partial charge in [0.15, 0.2) is 0 Å². The van der Waals surface area contributed by atoms with Crippen molar-refractivity contribution in [3.8, 4) is 0 Å². The normalized spacial score (nSPS) is 16.8. The van der Waals surface area contributed by atoms with Crippen molar-refractivity contribution in [3.05, 3.63) is 33.3 Å². The Bertz CT molecular complexity index is 744. The van der Waals surface area contributed by atoms with E-state index in [1.165, 1.54) is 10.4 Å². The molecule has 1 aliphatic rings. The van der Waals surface area contributed by atoms with Gasteiger partial charge in [-0.25, -0.2) is 8.42 Å². The molecule has 1 fully saturated rings. The van der Waals surface area contributed by atoms with Crippen LogP contribution in [0.3, 0.4) is 0 Å². The lowest BCUT2D eigenvalue weighted by atomic mass is 9.98. The highest BCUT2D eigenvalue weighted by Gasteiger charge is 2.34. The molecule has 132 valence electrons. The van der Waals surface area contributed by atoms with E-state index in [-0.39, 0.29) is 47.2 Å². The monoisotopic (exact) mass is 376 g/mol. The Kier molecular flexibility index (Phi) is 5.79. The molecule has 0 aliphatic carbocycles. The molecule has 0 N–H and O–H groups in total. The number of nitrogens with zero attached hydrogens (tertiary/aromatic N) is 2. The van der Waals surface area contributed by atoms with Crippen LogP contribution in [0.2, 0.25) is 5.02 Å². The fourth-order valence-electron chi connectivity index (χ4n) is 2.53. The number of nitro benzene ring substituents is 1. The number of carbonyl (C=O) groups is 1. The van der Waals surface area contributed by atoms with Crippen LogP contribution in [0.5, 0.6) is 0 Å². The summed E-state index contributed by atoms with van der Waals surface area (Å²) in [5, 5.41) is 10.8. The number of non-ortho nitro benzene ring substituents is 1. The number of ether oxygens (including phenoxy) is 1. The predicted octanol–water partition coefficient (Wildman–Crippen LogP) is 2.21. The van der Waals surface area contributed by atoms with Crippen molar-refractivity contribution in [3.63, 3.8) is 0 Å². The standard InChI is InChI=1S/C14H17ClN2O6S/c1-2-23-14(18)10-5-7-16(8-6-10)24(21,22)13-9-11(17(19)20)3-4-12(13)15/h3-4,9-10H,2,5-8H2,1H3. The molecular weight excluding hydrogens is 360 g/mol. The van der Waals surface area contributed by atoms with Crippen LogP contribution < -0.4 is 0 Å². The maximum Gasteiger partial charge on any atom is 0.309 e. The zero-order chi connectivity index (χ0) is 17.9. The minimum Gasteiger partial charge on any atom is -0.466 e. The van der Waals surface area contributed by atoms with Crippen molar-refractivity contribution in [1.82, 2.24) is 4.31 Å². The minimum absolute atomic E-state index is 0.0758. The van der Waals surface area contributed by atoms with Crippen molar-refractivity contribution in [1.29, 1.82) is 0 Å². The molecule has 0 aromatic heterocycles. The van der Waals surface area contributed by atoms with Crippen LogP contribution in [-0.2, 0) is 19.6 Å². The summed E-state index contributed by atoms with van der Waals surface area (Å²) in [6.07, 6.45) is 0.676. The third-order valence-corrected chi connectivity index (χ3v) is 6.20. The largest absolute Gasteiger partial charge is 0.466 e. The first-order chi connectivity index (χ1) is 11.3. The van der Waals surface area contributed by atoms with Gasteiger partial charge < -0.3 is 4.74 Å². The van der Waals surface area contributed by atoms with Crippen LogP contribution in [0, 0.1) is 16.0 Å². The molecule has 24 heavy (non-hydrogen) atoms. The number of hydrogen-bond donors (Lipinski definition) is 0. The van der Waals surface area contributed by atoms with Crippen LogP contribution in [0.1, 0.15) is 19.8 Å². The summed E-state index contributed by atoms with van der Waals surface area (Å²) < 4.78 is 31.5. The molecular formula is C14H17ClN2O6S. The fraction of sp³-hybridized carbons (Fsp3) is 0.500. The topological polar surface area (TPSA) is 107 Å². The molecule has 0 bridgehead atoms. The fourth-order valence-corrected chi connectivity index (χ4v) is 4.50. The van der Waals surface area contributed by atoms with E-state index in [0.29, 0.717) is 12.8 Å². The van der Waals surface area contributed by atoms with Crippen LogP contribution in [0.25, 0.3) is 0 Å². The van der Waals surface area contributed by atoms with E-state index in [0.717, 1.165) is 12.1 Å². The number of esters is 1. The number of piperidine rings is 1. The summed E-state index contributed by atoms with van der Waals surface area (Å²) >= 11 is 5.92. The Hall–Kier alpha value is -1.71. The molecule has 0 saturated carbocycles. The van der Waals surface area contributed by atoms with Gasteiger partial charge in [0.1, 0.15) is 4.90 Å². The summed E-state index contributed by atoms with van der Waals surface area (Å²) in [5.74, 6) is -0.667. The highest BCUT2D eigenvalue weighted by atomic mass is 35.5. The van der Waals surface area contributed by atoms with Gasteiger partial charge >= 0.3 is 5.97 Å². The van der Waals surface area contributed by atoms with Crippen molar-refractivity contribution in [2.45, 2.75) is 24.7 Å². The quantitative estimate of drug-likeness (QED) is 0.443. The molecule has 0 spiro atoms. The van der Waals surface area contributed by atoms with Crippen LogP contribution >= 0.6 is 11.6 Å². The third kappa shape index (κ3) is 3.85. The summed E-state index contributed by atoms with van der Waals surface area (Å²) in [5.41, 5.74) is -0.348. The lowest BCUT2D eigenvalue weighted by Crippen LogP contribution is -2.40. The zero-order valence-corrected chi connectivity index (χ0v) is 14.5. The van der Waals surface area contributed by atoms with Gasteiger partial charge in [0.2, 0.25) is 10.0 Å². The molecule has 0 unspecified atom stereocenters. The second-order valence-corrected chi connectivity index (χ2v) is 7.62. The van der Waals surface area contributed by atoms with Crippen molar-refractivity contribution in [2.24, 2.45) is 5.92 Å². The van der Waals surface area contributed by atoms with Gasteiger partial charge in [-0.1, -0.05) is 11.6 Å². The number of hydrogen-bond acceptors (Lipinski definition) is 6. The number of benzene rings is 1. The Morgan fingerprint density at radius 3 is 2.58 bits per heavy atom. The number of halogens is 1. The molecule has 2 rings (SSSR count). The van der Waals surface area contributed by atoms with Gasteiger partial charge in [-0.05, 0) is 25.8 Å². The van der Waals surface area contributed by atoms with E-state index in [9.17, 15) is 23.3 Å². The van der Waals surface area contributed by atoms with Crippen LogP contribution in [0.4, 0.5) is 5.69 Å². The average molecular weight is 377 g/mol. The van der Waals surface area contributed by atoms with Gasteiger partial charge in [-0.15, -0.1) is 0 Å². The van der Waals surface area contributed by atoms with E-state index < -0.39 is 14.9 Å². The first-order valence-corrected chi connectivity index (χ1v) is 9.20. The smallest absolute Gasteiger partial charge is 0.309 e. The Morgan fingerprint density at radius 2 is 2.04 bits per heavy atom. The average Bonchev–Trinajstić information content (AvgIpc) is 2.55.